The number of rotatable bonds is 9. The van der Waals surface area contributed by atoms with E-state index < -0.39 is 21.6 Å². The minimum atomic E-state index is -3.79. The molecule has 0 bridgehead atoms. The van der Waals surface area contributed by atoms with E-state index in [-0.39, 0.29) is 29.3 Å². The Morgan fingerprint density at radius 3 is 2.44 bits per heavy atom. The van der Waals surface area contributed by atoms with Gasteiger partial charge in [-0.3, -0.25) is 0 Å². The van der Waals surface area contributed by atoms with Crippen molar-refractivity contribution in [2.75, 3.05) is 27.7 Å². The first-order valence-electron chi connectivity index (χ1n) is 12.5. The summed E-state index contributed by atoms with van der Waals surface area (Å²) in [6.07, 6.45) is 1.38. The minimum Gasteiger partial charge on any atom is -0.497 e. The number of methoxy groups -OCH3 is 1. The summed E-state index contributed by atoms with van der Waals surface area (Å²) in [6.45, 7) is 0.578. The third-order valence-corrected chi connectivity index (χ3v) is 8.70. The van der Waals surface area contributed by atoms with Gasteiger partial charge in [0.15, 0.2) is 0 Å². The van der Waals surface area contributed by atoms with Gasteiger partial charge < -0.3 is 14.4 Å². The van der Waals surface area contributed by atoms with Crippen LogP contribution in [0.15, 0.2) is 83.8 Å². The number of carbonyl (C=O) groups is 1. The molecule has 4 rings (SSSR count). The number of esters is 1. The molecule has 7 nitrogen and oxygen atoms in total. The lowest BCUT2D eigenvalue weighted by molar-refractivity contribution is -0.0866. The highest BCUT2D eigenvalue weighted by Crippen LogP contribution is 2.47. The molecule has 0 heterocycles. The Kier molecular flexibility index (Phi) is 10.4. The van der Waals surface area contributed by atoms with Gasteiger partial charge in [0.1, 0.15) is 11.4 Å². The van der Waals surface area contributed by atoms with Crippen LogP contribution in [0.1, 0.15) is 35.2 Å². The lowest BCUT2D eigenvalue weighted by Gasteiger charge is -2.47. The van der Waals surface area contributed by atoms with Crippen LogP contribution in [0.25, 0.3) is 0 Å². The van der Waals surface area contributed by atoms with E-state index in [9.17, 15) is 13.2 Å². The number of carbonyl (C=O) groups excluding carboxylic acids is 1. The Labute approximate surface area is 241 Å². The van der Waals surface area contributed by atoms with Crippen LogP contribution in [0.2, 0.25) is 5.02 Å². The van der Waals surface area contributed by atoms with Gasteiger partial charge in [-0.15, -0.1) is 12.4 Å². The van der Waals surface area contributed by atoms with Gasteiger partial charge in [0.05, 0.1) is 17.6 Å². The molecule has 39 heavy (non-hydrogen) atoms. The first kappa shape index (κ1) is 30.9. The molecule has 3 aromatic rings. The van der Waals surface area contributed by atoms with Crippen molar-refractivity contribution in [3.8, 4) is 5.75 Å². The van der Waals surface area contributed by atoms with E-state index >= 15 is 0 Å². The van der Waals surface area contributed by atoms with Gasteiger partial charge in [-0.25, -0.2) is 17.9 Å². The Morgan fingerprint density at radius 2 is 1.77 bits per heavy atom. The van der Waals surface area contributed by atoms with Crippen molar-refractivity contribution in [2.24, 2.45) is 5.92 Å². The lowest BCUT2D eigenvalue weighted by atomic mass is 9.69. The molecule has 1 aliphatic rings. The molecule has 0 radical (unpaired) electrons. The molecule has 3 aromatic carbocycles. The molecule has 1 fully saturated rings. The van der Waals surface area contributed by atoms with Crippen molar-refractivity contribution in [3.63, 3.8) is 0 Å². The number of nitrogens with zero attached hydrogens (tertiary/aromatic N) is 1. The Morgan fingerprint density at radius 1 is 1.05 bits per heavy atom. The quantitative estimate of drug-likeness (QED) is 0.329. The van der Waals surface area contributed by atoms with E-state index in [0.717, 1.165) is 5.56 Å². The molecule has 1 saturated carbocycles. The molecule has 3 unspecified atom stereocenters. The van der Waals surface area contributed by atoms with Crippen molar-refractivity contribution >= 4 is 40.0 Å². The van der Waals surface area contributed by atoms with Crippen LogP contribution >= 0.6 is 24.0 Å². The van der Waals surface area contributed by atoms with E-state index in [2.05, 4.69) is 4.72 Å². The van der Waals surface area contributed by atoms with Crippen LogP contribution < -0.4 is 9.46 Å². The van der Waals surface area contributed by atoms with E-state index in [0.29, 0.717) is 42.1 Å². The minimum absolute atomic E-state index is 0. The third-order valence-electron chi connectivity index (χ3n) is 6.95. The molecule has 0 amide bonds. The first-order chi connectivity index (χ1) is 18.1. The standard InChI is InChI=1S/C29H33ClN2O5S.ClH/c1-32(2)20-23-17-25(31-38(34,35)27-14-8-12-24(30)19-27)15-16-29(23,22-11-7-13-26(18-22)36-3)37-28(33)21-9-5-4-6-10-21;/h4-14,18-19,23,25,31H,15-17,20H2,1-3H3;1H. The normalized spacial score (nSPS) is 21.2. The average molecular weight is 594 g/mol. The maximum absolute atomic E-state index is 13.4. The van der Waals surface area contributed by atoms with Crippen LogP contribution in [0, 0.1) is 5.92 Å². The van der Waals surface area contributed by atoms with E-state index in [1.807, 2.05) is 49.3 Å². The van der Waals surface area contributed by atoms with Gasteiger partial charge in [0, 0.05) is 23.5 Å². The predicted octanol–water partition coefficient (Wildman–Crippen LogP) is 5.53. The van der Waals surface area contributed by atoms with Crippen molar-refractivity contribution in [3.05, 3.63) is 95.0 Å². The molecule has 10 heteroatoms. The lowest BCUT2D eigenvalue weighted by Crippen LogP contribution is -2.52. The van der Waals surface area contributed by atoms with Gasteiger partial charge in [0.25, 0.3) is 0 Å². The largest absolute Gasteiger partial charge is 0.497 e. The molecule has 3 atom stereocenters. The highest BCUT2D eigenvalue weighted by atomic mass is 35.5. The number of benzene rings is 3. The summed E-state index contributed by atoms with van der Waals surface area (Å²) in [6, 6.07) is 22.3. The van der Waals surface area contributed by atoms with Crippen LogP contribution in [0.5, 0.6) is 5.75 Å². The number of ether oxygens (including phenoxy) is 2. The molecule has 1 aliphatic carbocycles. The number of hydrogen-bond donors (Lipinski definition) is 1. The van der Waals surface area contributed by atoms with Crippen molar-refractivity contribution in [1.29, 1.82) is 0 Å². The maximum atomic E-state index is 13.4. The smallest absolute Gasteiger partial charge is 0.339 e. The van der Waals surface area contributed by atoms with Crippen LogP contribution in [0.4, 0.5) is 0 Å². The maximum Gasteiger partial charge on any atom is 0.339 e. The number of sulfonamides is 1. The Hall–Kier alpha value is -2.62. The summed E-state index contributed by atoms with van der Waals surface area (Å²) in [5, 5.41) is 0.354. The van der Waals surface area contributed by atoms with Gasteiger partial charge in [-0.05, 0) is 81.4 Å². The second kappa shape index (κ2) is 13.2. The van der Waals surface area contributed by atoms with E-state index in [1.165, 1.54) is 12.1 Å². The second-order valence-corrected chi connectivity index (χ2v) is 12.0. The molecule has 210 valence electrons. The predicted molar refractivity (Wildman–Crippen MR) is 155 cm³/mol. The fourth-order valence-electron chi connectivity index (χ4n) is 5.19. The molecule has 0 spiro atoms. The van der Waals surface area contributed by atoms with Gasteiger partial charge in [-0.2, -0.15) is 0 Å². The summed E-state index contributed by atoms with van der Waals surface area (Å²) in [4.78, 5) is 15.6. The summed E-state index contributed by atoms with van der Waals surface area (Å²) >= 11 is 6.05. The molecular formula is C29H34Cl2N2O5S. The van der Waals surface area contributed by atoms with Crippen molar-refractivity contribution < 1.29 is 22.7 Å². The molecule has 1 N–H and O–H groups in total. The van der Waals surface area contributed by atoms with Crippen LogP contribution in [0.3, 0.4) is 0 Å². The highest BCUT2D eigenvalue weighted by Gasteiger charge is 2.49. The van der Waals surface area contributed by atoms with E-state index in [4.69, 9.17) is 21.1 Å². The van der Waals surface area contributed by atoms with Gasteiger partial charge >= 0.3 is 5.97 Å². The Bertz CT molecular complexity index is 1370. The van der Waals surface area contributed by atoms with Gasteiger partial charge in [0.2, 0.25) is 10.0 Å². The van der Waals surface area contributed by atoms with Crippen molar-refractivity contribution in [2.45, 2.75) is 35.8 Å². The summed E-state index contributed by atoms with van der Waals surface area (Å²) < 4.78 is 41.1. The number of hydrogen-bond acceptors (Lipinski definition) is 6. The zero-order valence-electron chi connectivity index (χ0n) is 22.2. The molecule has 0 aliphatic heterocycles. The zero-order chi connectivity index (χ0) is 27.3. The second-order valence-electron chi connectivity index (χ2n) is 9.89. The monoisotopic (exact) mass is 592 g/mol. The summed E-state index contributed by atoms with van der Waals surface area (Å²) in [7, 11) is 1.72. The summed E-state index contributed by atoms with van der Waals surface area (Å²) in [5.74, 6) is 0.0261. The van der Waals surface area contributed by atoms with E-state index in [1.54, 1.807) is 43.5 Å². The van der Waals surface area contributed by atoms with Crippen molar-refractivity contribution in [1.82, 2.24) is 9.62 Å². The fraction of sp³-hybridized carbons (Fsp3) is 0.345. The SMILES string of the molecule is COc1cccc(C2(OC(=O)c3ccccc3)CCC(NS(=O)(=O)c3cccc(Cl)c3)CC2CN(C)C)c1.Cl. The van der Waals surface area contributed by atoms with Crippen LogP contribution in [-0.4, -0.2) is 53.1 Å². The number of nitrogens with one attached hydrogen (secondary N) is 1. The first-order valence-corrected chi connectivity index (χ1v) is 14.3. The van der Waals surface area contributed by atoms with Crippen LogP contribution in [-0.2, 0) is 20.4 Å². The fourth-order valence-corrected chi connectivity index (χ4v) is 6.78. The average Bonchev–Trinajstić information content (AvgIpc) is 2.90. The molecule has 0 aromatic heterocycles. The summed E-state index contributed by atoms with van der Waals surface area (Å²) in [5.41, 5.74) is 0.301. The third kappa shape index (κ3) is 7.32. The Balaban J connectivity index is 0.00000420. The molecular weight excluding hydrogens is 559 g/mol. The topological polar surface area (TPSA) is 84.9 Å². The number of halogens is 2. The zero-order valence-corrected chi connectivity index (χ0v) is 24.6. The molecule has 0 saturated heterocycles. The van der Waals surface area contributed by atoms with Gasteiger partial charge in [-0.1, -0.05) is 48.0 Å². The highest BCUT2D eigenvalue weighted by molar-refractivity contribution is 7.89.